The van der Waals surface area contributed by atoms with Crippen molar-refractivity contribution in [1.82, 2.24) is 14.7 Å². The number of pyridine rings is 1. The molecule has 0 radical (unpaired) electrons. The fourth-order valence-corrected chi connectivity index (χ4v) is 2.74. The number of carbonyl (C=O) groups is 1. The quantitative estimate of drug-likeness (QED) is 0.882. The average molecular weight is 259 g/mol. The van der Waals surface area contributed by atoms with Gasteiger partial charge in [0.1, 0.15) is 5.56 Å². The molecule has 0 aromatic carbocycles. The summed E-state index contributed by atoms with van der Waals surface area (Å²) in [4.78, 5) is 15.3. The minimum absolute atomic E-state index is 0.245. The number of carboxylic acids is 1. The number of hydrogen-bond donors (Lipinski definition) is 2. The van der Waals surface area contributed by atoms with Gasteiger partial charge in [-0.05, 0) is 25.0 Å². The van der Waals surface area contributed by atoms with Crippen molar-refractivity contribution in [2.45, 2.75) is 38.3 Å². The number of hydrogen-bond acceptors (Lipinski definition) is 3. The number of aromatic nitrogens is 2. The van der Waals surface area contributed by atoms with E-state index in [0.717, 1.165) is 12.2 Å². The van der Waals surface area contributed by atoms with Crippen LogP contribution in [0.15, 0.2) is 24.5 Å². The molecule has 2 aromatic rings. The summed E-state index contributed by atoms with van der Waals surface area (Å²) >= 11 is 0. The van der Waals surface area contributed by atoms with Gasteiger partial charge in [-0.25, -0.2) is 9.78 Å². The van der Waals surface area contributed by atoms with Crippen LogP contribution in [0.5, 0.6) is 0 Å². The Morgan fingerprint density at radius 3 is 3.00 bits per heavy atom. The summed E-state index contributed by atoms with van der Waals surface area (Å²) in [5.74, 6) is -0.938. The van der Waals surface area contributed by atoms with E-state index in [1.807, 2.05) is 10.6 Å². The van der Waals surface area contributed by atoms with E-state index in [1.165, 1.54) is 25.7 Å². The molecule has 0 atom stereocenters. The van der Waals surface area contributed by atoms with E-state index in [2.05, 4.69) is 10.3 Å². The molecule has 0 spiro atoms. The van der Waals surface area contributed by atoms with Crippen LogP contribution in [0.25, 0.3) is 5.65 Å². The first-order valence-corrected chi connectivity index (χ1v) is 6.67. The van der Waals surface area contributed by atoms with Crippen LogP contribution in [0.1, 0.15) is 41.7 Å². The largest absolute Gasteiger partial charge is 0.478 e. The smallest absolute Gasteiger partial charge is 0.339 e. The highest BCUT2D eigenvalue weighted by Gasteiger charge is 2.16. The van der Waals surface area contributed by atoms with Gasteiger partial charge in [-0.2, -0.15) is 0 Å². The van der Waals surface area contributed by atoms with E-state index in [-0.39, 0.29) is 5.56 Å². The van der Waals surface area contributed by atoms with E-state index in [0.29, 0.717) is 11.7 Å². The second-order valence-electron chi connectivity index (χ2n) is 5.03. The highest BCUT2D eigenvalue weighted by atomic mass is 16.4. The Bertz CT molecular complexity index is 600. The molecule has 2 heterocycles. The summed E-state index contributed by atoms with van der Waals surface area (Å²) < 4.78 is 1.85. The first-order chi connectivity index (χ1) is 9.25. The van der Waals surface area contributed by atoms with Crippen molar-refractivity contribution in [1.29, 1.82) is 0 Å². The number of nitrogens with zero attached hydrogens (tertiary/aromatic N) is 2. The second kappa shape index (κ2) is 5.01. The fraction of sp³-hybridized carbons (Fsp3) is 0.429. The van der Waals surface area contributed by atoms with Crippen molar-refractivity contribution < 1.29 is 9.90 Å². The van der Waals surface area contributed by atoms with Crippen LogP contribution in [0.2, 0.25) is 0 Å². The third-order valence-corrected chi connectivity index (χ3v) is 3.77. The summed E-state index contributed by atoms with van der Waals surface area (Å²) in [5.41, 5.74) is 1.76. The topological polar surface area (TPSA) is 66.6 Å². The molecule has 1 fully saturated rings. The molecule has 0 bridgehead atoms. The zero-order valence-corrected chi connectivity index (χ0v) is 10.7. The van der Waals surface area contributed by atoms with E-state index in [9.17, 15) is 4.79 Å². The van der Waals surface area contributed by atoms with Crippen LogP contribution >= 0.6 is 0 Å². The molecular formula is C14H17N3O2. The van der Waals surface area contributed by atoms with Gasteiger partial charge < -0.3 is 14.8 Å². The van der Waals surface area contributed by atoms with Crippen molar-refractivity contribution in [3.63, 3.8) is 0 Å². The summed E-state index contributed by atoms with van der Waals surface area (Å²) in [6.45, 7) is 0.731. The third kappa shape index (κ3) is 2.33. The maximum absolute atomic E-state index is 11.1. The second-order valence-corrected chi connectivity index (χ2v) is 5.03. The van der Waals surface area contributed by atoms with E-state index in [4.69, 9.17) is 5.11 Å². The number of aromatic carboxylic acids is 1. The Morgan fingerprint density at radius 1 is 1.47 bits per heavy atom. The van der Waals surface area contributed by atoms with Crippen molar-refractivity contribution in [2.24, 2.45) is 0 Å². The number of rotatable bonds is 4. The zero-order chi connectivity index (χ0) is 13.2. The van der Waals surface area contributed by atoms with Crippen molar-refractivity contribution in [3.8, 4) is 0 Å². The first-order valence-electron chi connectivity index (χ1n) is 6.67. The molecule has 0 saturated heterocycles. The van der Waals surface area contributed by atoms with Gasteiger partial charge in [-0.3, -0.25) is 0 Å². The van der Waals surface area contributed by atoms with Gasteiger partial charge in [-0.15, -0.1) is 0 Å². The Hall–Kier alpha value is -1.88. The Balaban J connectivity index is 1.84. The Labute approximate surface area is 111 Å². The average Bonchev–Trinajstić information content (AvgIpc) is 3.05. The van der Waals surface area contributed by atoms with Gasteiger partial charge in [0, 0.05) is 18.8 Å². The third-order valence-electron chi connectivity index (χ3n) is 3.77. The molecule has 1 aliphatic carbocycles. The highest BCUT2D eigenvalue weighted by Crippen LogP contribution is 2.18. The molecule has 5 heteroatoms. The van der Waals surface area contributed by atoms with Crippen LogP contribution < -0.4 is 5.32 Å². The fourth-order valence-electron chi connectivity index (χ4n) is 2.74. The lowest BCUT2D eigenvalue weighted by atomic mass is 10.2. The van der Waals surface area contributed by atoms with Crippen molar-refractivity contribution in [2.75, 3.05) is 0 Å². The molecule has 2 N–H and O–H groups in total. The minimum atomic E-state index is -0.938. The van der Waals surface area contributed by atoms with E-state index < -0.39 is 5.97 Å². The highest BCUT2D eigenvalue weighted by molar-refractivity contribution is 5.94. The normalized spacial score (nSPS) is 16.2. The monoisotopic (exact) mass is 259 g/mol. The van der Waals surface area contributed by atoms with Gasteiger partial charge in [-0.1, -0.05) is 12.8 Å². The van der Waals surface area contributed by atoms with Gasteiger partial charge >= 0.3 is 5.97 Å². The molecule has 0 aliphatic heterocycles. The molecule has 5 nitrogen and oxygen atoms in total. The predicted octanol–water partition coefficient (Wildman–Crippen LogP) is 2.06. The van der Waals surface area contributed by atoms with Gasteiger partial charge in [0.2, 0.25) is 0 Å². The summed E-state index contributed by atoms with van der Waals surface area (Å²) in [6, 6.07) is 3.92. The first kappa shape index (κ1) is 12.2. The Kier molecular flexibility index (Phi) is 3.21. The number of fused-ring (bicyclic) bond motifs is 1. The molecule has 0 unspecified atom stereocenters. The van der Waals surface area contributed by atoms with Crippen LogP contribution in [-0.4, -0.2) is 26.5 Å². The summed E-state index contributed by atoms with van der Waals surface area (Å²) in [5, 5.41) is 12.6. The van der Waals surface area contributed by atoms with Crippen LogP contribution in [-0.2, 0) is 6.54 Å². The molecule has 0 amide bonds. The molecule has 2 aromatic heterocycles. The van der Waals surface area contributed by atoms with Crippen LogP contribution in [0.3, 0.4) is 0 Å². The van der Waals surface area contributed by atoms with Crippen LogP contribution in [0.4, 0.5) is 0 Å². The number of nitrogens with one attached hydrogen (secondary N) is 1. The minimum Gasteiger partial charge on any atom is -0.478 e. The lowest BCUT2D eigenvalue weighted by Crippen LogP contribution is -2.25. The maximum Gasteiger partial charge on any atom is 0.339 e. The number of imidazole rings is 1. The Morgan fingerprint density at radius 2 is 2.26 bits per heavy atom. The standard InChI is InChI=1S/C14H17N3O2/c18-14(19)12-6-3-7-17-11(9-16-13(12)17)8-15-10-4-1-2-5-10/h3,6-7,9-10,15H,1-2,4-5,8H2,(H,18,19). The summed E-state index contributed by atoms with van der Waals surface area (Å²) in [7, 11) is 0. The maximum atomic E-state index is 11.1. The SMILES string of the molecule is O=C(O)c1cccn2c(CNC3CCCC3)cnc12. The van der Waals surface area contributed by atoms with E-state index >= 15 is 0 Å². The van der Waals surface area contributed by atoms with Gasteiger partial charge in [0.25, 0.3) is 0 Å². The van der Waals surface area contributed by atoms with Crippen molar-refractivity contribution in [3.05, 3.63) is 35.8 Å². The van der Waals surface area contributed by atoms with E-state index in [1.54, 1.807) is 18.3 Å². The van der Waals surface area contributed by atoms with Gasteiger partial charge in [0.05, 0.1) is 11.9 Å². The summed E-state index contributed by atoms with van der Waals surface area (Å²) in [6.07, 6.45) is 8.68. The lowest BCUT2D eigenvalue weighted by molar-refractivity contribution is 0.0698. The van der Waals surface area contributed by atoms with Gasteiger partial charge in [0.15, 0.2) is 5.65 Å². The predicted molar refractivity (Wildman–Crippen MR) is 71.2 cm³/mol. The van der Waals surface area contributed by atoms with Crippen LogP contribution in [0, 0.1) is 0 Å². The molecule has 100 valence electrons. The molecule has 1 aliphatic rings. The molecule has 1 saturated carbocycles. The zero-order valence-electron chi connectivity index (χ0n) is 10.7. The lowest BCUT2D eigenvalue weighted by Gasteiger charge is -2.11. The molecule has 19 heavy (non-hydrogen) atoms. The van der Waals surface area contributed by atoms with Crippen molar-refractivity contribution >= 4 is 11.6 Å². The molecular weight excluding hydrogens is 242 g/mol. The number of carboxylic acid groups (broad SMARTS) is 1. The molecule has 3 rings (SSSR count).